The Morgan fingerprint density at radius 1 is 0.266 bits per heavy atom. The fraction of sp³-hybridized carbons (Fsp3) is 0.658. The van der Waals surface area contributed by atoms with Crippen LogP contribution in [0.1, 0.15) is 290 Å². The topological polar surface area (TPSA) is 78.9 Å². The molecule has 0 heterocycles. The molecule has 1 unspecified atom stereocenters. The number of carbonyl (C=O) groups is 3. The highest BCUT2D eigenvalue weighted by molar-refractivity contribution is 5.71. The summed E-state index contributed by atoms with van der Waals surface area (Å²) in [6.45, 7) is 6.47. The second-order valence-corrected chi connectivity index (χ2v) is 21.3. The molecule has 0 aromatic heterocycles. The standard InChI is InChI=1S/C73H120O6/c1-4-7-10-13-16-19-22-25-28-31-33-34-35-36-37-38-40-42-45-48-51-54-57-60-63-66-72(75)78-69-70(68-77-71(74)65-62-59-56-53-50-47-44-41-30-27-24-21-18-15-12-9-6-3)79-73(76)67-64-61-58-55-52-49-46-43-39-32-29-26-23-20-17-14-11-8-5-2/h7,10,16-17,19-20,25-30,33-34,36-37,39-40,42-43,48,51,70H,4-6,8-9,11-15,18,21-24,31-32,35,38,41,44-47,49-50,52-69H2,1-3H3/b10-7-,19-16-,20-17-,28-25-,29-26-,30-27-,34-33-,37-36-,42-40-,43-39-,51-48-. The van der Waals surface area contributed by atoms with E-state index in [-0.39, 0.29) is 31.1 Å². The van der Waals surface area contributed by atoms with Crippen LogP contribution in [-0.4, -0.2) is 37.2 Å². The minimum atomic E-state index is -0.808. The first-order valence-corrected chi connectivity index (χ1v) is 32.7. The highest BCUT2D eigenvalue weighted by Gasteiger charge is 2.19. The average molecular weight is 1090 g/mol. The van der Waals surface area contributed by atoms with Crippen LogP contribution in [0.3, 0.4) is 0 Å². The van der Waals surface area contributed by atoms with Gasteiger partial charge in [-0.2, -0.15) is 0 Å². The number of rotatable bonds is 58. The molecule has 1 atom stereocenters. The van der Waals surface area contributed by atoms with Crippen molar-refractivity contribution in [3.05, 3.63) is 134 Å². The molecule has 6 nitrogen and oxygen atoms in total. The molecule has 0 aliphatic carbocycles. The van der Waals surface area contributed by atoms with Crippen LogP contribution < -0.4 is 0 Å². The highest BCUT2D eigenvalue weighted by Crippen LogP contribution is 2.15. The molecular weight excluding hydrogens is 973 g/mol. The smallest absolute Gasteiger partial charge is 0.306 e. The van der Waals surface area contributed by atoms with E-state index in [1.807, 2.05) is 0 Å². The number of ether oxygens (including phenoxy) is 3. The van der Waals surface area contributed by atoms with Crippen LogP contribution in [0, 0.1) is 0 Å². The van der Waals surface area contributed by atoms with Crippen molar-refractivity contribution in [2.45, 2.75) is 297 Å². The van der Waals surface area contributed by atoms with Gasteiger partial charge in [0.1, 0.15) is 13.2 Å². The summed E-state index contributed by atoms with van der Waals surface area (Å²) < 4.78 is 16.9. The molecule has 0 aliphatic rings. The maximum atomic E-state index is 12.9. The zero-order chi connectivity index (χ0) is 57.1. The summed E-state index contributed by atoms with van der Waals surface area (Å²) in [5.74, 6) is -0.947. The molecule has 0 saturated carbocycles. The van der Waals surface area contributed by atoms with Gasteiger partial charge < -0.3 is 14.2 Å². The third kappa shape index (κ3) is 64.3. The zero-order valence-corrected chi connectivity index (χ0v) is 51.3. The van der Waals surface area contributed by atoms with E-state index in [9.17, 15) is 14.4 Å². The molecule has 0 aromatic carbocycles. The molecule has 0 aliphatic heterocycles. The van der Waals surface area contributed by atoms with E-state index in [1.54, 1.807) is 0 Å². The molecule has 0 amide bonds. The van der Waals surface area contributed by atoms with Crippen LogP contribution in [0.5, 0.6) is 0 Å². The van der Waals surface area contributed by atoms with E-state index in [2.05, 4.69) is 154 Å². The fourth-order valence-electron chi connectivity index (χ4n) is 8.72. The Balaban J connectivity index is 4.49. The lowest BCUT2D eigenvalue weighted by atomic mass is 10.1. The van der Waals surface area contributed by atoms with E-state index in [1.165, 1.54) is 116 Å². The quantitative estimate of drug-likeness (QED) is 0.0261. The van der Waals surface area contributed by atoms with Gasteiger partial charge in [0.15, 0.2) is 6.10 Å². The van der Waals surface area contributed by atoms with E-state index in [4.69, 9.17) is 14.2 Å². The minimum absolute atomic E-state index is 0.0998. The molecule has 448 valence electrons. The number of unbranched alkanes of at least 4 members (excludes halogenated alkanes) is 25. The second kappa shape index (κ2) is 66.1. The molecule has 0 aromatic rings. The highest BCUT2D eigenvalue weighted by atomic mass is 16.6. The Morgan fingerprint density at radius 3 is 0.823 bits per heavy atom. The normalized spacial score (nSPS) is 13.0. The van der Waals surface area contributed by atoms with Gasteiger partial charge in [0.05, 0.1) is 0 Å². The van der Waals surface area contributed by atoms with Crippen molar-refractivity contribution >= 4 is 17.9 Å². The summed E-state index contributed by atoms with van der Waals surface area (Å²) in [7, 11) is 0. The first kappa shape index (κ1) is 74.5. The van der Waals surface area contributed by atoms with Gasteiger partial charge in [-0.15, -0.1) is 0 Å². The van der Waals surface area contributed by atoms with Crippen molar-refractivity contribution in [3.63, 3.8) is 0 Å². The van der Waals surface area contributed by atoms with Crippen LogP contribution in [0.2, 0.25) is 0 Å². The molecule has 0 fully saturated rings. The van der Waals surface area contributed by atoms with Gasteiger partial charge in [0.2, 0.25) is 0 Å². The Morgan fingerprint density at radius 2 is 0.494 bits per heavy atom. The summed E-state index contributed by atoms with van der Waals surface area (Å²) in [5.41, 5.74) is 0. The molecular formula is C73H120O6. The van der Waals surface area contributed by atoms with Gasteiger partial charge in [-0.1, -0.05) is 264 Å². The Hall–Kier alpha value is -4.45. The third-order valence-electron chi connectivity index (χ3n) is 13.6. The molecule has 0 radical (unpaired) electrons. The van der Waals surface area contributed by atoms with Gasteiger partial charge >= 0.3 is 17.9 Å². The lowest BCUT2D eigenvalue weighted by Gasteiger charge is -2.18. The molecule has 0 bridgehead atoms. The SMILES string of the molecule is CC/C=C\C/C=C\C/C=C\C/C=C\C/C=C\C/C=C\C/C=C\CCCCCC(=O)OCC(COC(=O)CCCCCCCCC/C=C\CCCCCCCC)OC(=O)CCCCCCCC/C=C\C/C=C\C/C=C\CCCCC. The maximum Gasteiger partial charge on any atom is 0.306 e. The van der Waals surface area contributed by atoms with Crippen molar-refractivity contribution < 1.29 is 28.6 Å². The van der Waals surface area contributed by atoms with Crippen molar-refractivity contribution in [2.75, 3.05) is 13.2 Å². The zero-order valence-electron chi connectivity index (χ0n) is 51.3. The predicted octanol–water partition coefficient (Wildman–Crippen LogP) is 22.5. The van der Waals surface area contributed by atoms with Gasteiger partial charge in [0, 0.05) is 19.3 Å². The van der Waals surface area contributed by atoms with E-state index in [0.717, 1.165) is 135 Å². The van der Waals surface area contributed by atoms with E-state index >= 15 is 0 Å². The van der Waals surface area contributed by atoms with Crippen LogP contribution in [0.15, 0.2) is 134 Å². The van der Waals surface area contributed by atoms with Crippen molar-refractivity contribution in [3.8, 4) is 0 Å². The Kier molecular flexibility index (Phi) is 62.3. The number of carbonyl (C=O) groups excluding carboxylic acids is 3. The maximum absolute atomic E-state index is 12.9. The van der Waals surface area contributed by atoms with Crippen LogP contribution in [-0.2, 0) is 28.6 Å². The van der Waals surface area contributed by atoms with Crippen LogP contribution >= 0.6 is 0 Å². The second-order valence-electron chi connectivity index (χ2n) is 21.3. The minimum Gasteiger partial charge on any atom is -0.462 e. The summed E-state index contributed by atoms with van der Waals surface area (Å²) in [6.07, 6.45) is 93.0. The molecule has 0 saturated heterocycles. The third-order valence-corrected chi connectivity index (χ3v) is 13.6. The van der Waals surface area contributed by atoms with Gasteiger partial charge in [-0.3, -0.25) is 14.4 Å². The predicted molar refractivity (Wildman–Crippen MR) is 343 cm³/mol. The van der Waals surface area contributed by atoms with Crippen molar-refractivity contribution in [1.29, 1.82) is 0 Å². The summed E-state index contributed by atoms with van der Waals surface area (Å²) in [5, 5.41) is 0. The molecule has 0 rings (SSSR count). The lowest BCUT2D eigenvalue weighted by molar-refractivity contribution is -0.167. The first-order valence-electron chi connectivity index (χ1n) is 32.7. The average Bonchev–Trinajstić information content (AvgIpc) is 3.45. The number of hydrogen-bond acceptors (Lipinski definition) is 6. The van der Waals surface area contributed by atoms with Gasteiger partial charge in [0.25, 0.3) is 0 Å². The number of allylic oxidation sites excluding steroid dienone is 22. The lowest BCUT2D eigenvalue weighted by Crippen LogP contribution is -2.30. The monoisotopic (exact) mass is 1090 g/mol. The van der Waals surface area contributed by atoms with E-state index < -0.39 is 6.10 Å². The van der Waals surface area contributed by atoms with Crippen LogP contribution in [0.25, 0.3) is 0 Å². The first-order chi connectivity index (χ1) is 39.0. The molecule has 0 spiro atoms. The molecule has 0 N–H and O–H groups in total. The van der Waals surface area contributed by atoms with Gasteiger partial charge in [-0.05, 0) is 141 Å². The van der Waals surface area contributed by atoms with Crippen molar-refractivity contribution in [2.24, 2.45) is 0 Å². The summed E-state index contributed by atoms with van der Waals surface area (Å²) in [4.78, 5) is 38.4. The van der Waals surface area contributed by atoms with Crippen molar-refractivity contribution in [1.82, 2.24) is 0 Å². The fourth-order valence-corrected chi connectivity index (χ4v) is 8.72. The number of esters is 3. The Labute approximate surface area is 487 Å². The largest absolute Gasteiger partial charge is 0.462 e. The number of hydrogen-bond donors (Lipinski definition) is 0. The van der Waals surface area contributed by atoms with Crippen LogP contribution in [0.4, 0.5) is 0 Å². The van der Waals surface area contributed by atoms with Gasteiger partial charge in [-0.25, -0.2) is 0 Å². The Bertz CT molecular complexity index is 1680. The molecule has 6 heteroatoms. The molecule has 79 heavy (non-hydrogen) atoms. The van der Waals surface area contributed by atoms with E-state index in [0.29, 0.717) is 19.3 Å². The summed E-state index contributed by atoms with van der Waals surface area (Å²) >= 11 is 0. The summed E-state index contributed by atoms with van der Waals surface area (Å²) in [6, 6.07) is 0.